The Balaban J connectivity index is 3.36. The van der Waals surface area contributed by atoms with Crippen LogP contribution in [0, 0.1) is 5.92 Å². The third-order valence-electron chi connectivity index (χ3n) is 2.53. The minimum atomic E-state index is 0.733. The van der Waals surface area contributed by atoms with E-state index in [4.69, 9.17) is 4.84 Å². The van der Waals surface area contributed by atoms with Crippen molar-refractivity contribution in [3.05, 3.63) is 18.4 Å². The molecule has 0 aromatic rings. The van der Waals surface area contributed by atoms with Gasteiger partial charge in [-0.2, -0.15) is 0 Å². The first kappa shape index (κ1) is 16.0. The van der Waals surface area contributed by atoms with Gasteiger partial charge in [0, 0.05) is 0 Å². The van der Waals surface area contributed by atoms with Gasteiger partial charge < -0.3 is 4.84 Å². The Morgan fingerprint density at radius 1 is 1.35 bits per heavy atom. The molecule has 2 heteroatoms. The van der Waals surface area contributed by atoms with E-state index in [-0.39, 0.29) is 0 Å². The molecule has 0 saturated carbocycles. The fourth-order valence-electron chi connectivity index (χ4n) is 1.39. The van der Waals surface area contributed by atoms with E-state index in [1.165, 1.54) is 19.3 Å². The van der Waals surface area contributed by atoms with E-state index in [0.29, 0.717) is 0 Å². The SMILES string of the molecule is C=C=CCCCCCO/N=C(\C)CCC(C)C. The fraction of sp³-hybridized carbons (Fsp3) is 0.733. The van der Waals surface area contributed by atoms with Crippen molar-refractivity contribution in [3.63, 3.8) is 0 Å². The first-order valence-electron chi connectivity index (χ1n) is 6.66. The Bertz CT molecular complexity index is 250. The molecule has 2 nitrogen and oxygen atoms in total. The van der Waals surface area contributed by atoms with Crippen molar-refractivity contribution in [3.8, 4) is 0 Å². The van der Waals surface area contributed by atoms with Crippen LogP contribution in [0.3, 0.4) is 0 Å². The predicted octanol–water partition coefficient (Wildman–Crippen LogP) is 4.72. The molecule has 0 radical (unpaired) electrons. The molecule has 0 fully saturated rings. The average Bonchev–Trinajstić information content (AvgIpc) is 2.30. The Morgan fingerprint density at radius 3 is 2.76 bits per heavy atom. The van der Waals surface area contributed by atoms with Crippen molar-refractivity contribution in [2.24, 2.45) is 11.1 Å². The number of hydrogen-bond acceptors (Lipinski definition) is 2. The molecule has 0 amide bonds. The molecule has 0 unspecified atom stereocenters. The Hall–Kier alpha value is -1.01. The van der Waals surface area contributed by atoms with Gasteiger partial charge in [-0.1, -0.05) is 25.6 Å². The van der Waals surface area contributed by atoms with Crippen molar-refractivity contribution >= 4 is 5.71 Å². The van der Waals surface area contributed by atoms with Crippen LogP contribution >= 0.6 is 0 Å². The number of unbranched alkanes of at least 4 members (excludes halogenated alkanes) is 3. The third kappa shape index (κ3) is 12.9. The molecule has 0 rings (SSSR count). The molecule has 0 aromatic heterocycles. The molecule has 0 aromatic carbocycles. The number of allylic oxidation sites excluding steroid dienone is 1. The van der Waals surface area contributed by atoms with Crippen LogP contribution in [0.4, 0.5) is 0 Å². The number of hydrogen-bond donors (Lipinski definition) is 0. The van der Waals surface area contributed by atoms with Gasteiger partial charge in [0.2, 0.25) is 0 Å². The van der Waals surface area contributed by atoms with E-state index in [1.807, 2.05) is 13.0 Å². The summed E-state index contributed by atoms with van der Waals surface area (Å²) in [6.45, 7) is 10.8. The first-order chi connectivity index (χ1) is 8.16. The highest BCUT2D eigenvalue weighted by molar-refractivity contribution is 5.81. The third-order valence-corrected chi connectivity index (χ3v) is 2.53. The minimum Gasteiger partial charge on any atom is -0.396 e. The lowest BCUT2D eigenvalue weighted by atomic mass is 10.1. The minimum absolute atomic E-state index is 0.733. The molecule has 0 atom stereocenters. The molecular weight excluding hydrogens is 210 g/mol. The average molecular weight is 237 g/mol. The van der Waals surface area contributed by atoms with E-state index in [1.54, 1.807) is 0 Å². The molecule has 0 spiro atoms. The Labute approximate surface area is 106 Å². The molecular formula is C15H27NO. The maximum Gasteiger partial charge on any atom is 0.117 e. The number of rotatable bonds is 10. The van der Waals surface area contributed by atoms with Crippen molar-refractivity contribution in [2.75, 3.05) is 6.61 Å². The molecule has 0 N–H and O–H groups in total. The van der Waals surface area contributed by atoms with Gasteiger partial charge in [-0.25, -0.2) is 0 Å². The van der Waals surface area contributed by atoms with Gasteiger partial charge in [-0.15, -0.1) is 5.73 Å². The zero-order valence-corrected chi connectivity index (χ0v) is 11.7. The quantitative estimate of drug-likeness (QED) is 0.233. The summed E-state index contributed by atoms with van der Waals surface area (Å²) in [6.07, 6.45) is 8.72. The summed E-state index contributed by atoms with van der Waals surface area (Å²) < 4.78 is 0. The van der Waals surface area contributed by atoms with Crippen LogP contribution in [0.25, 0.3) is 0 Å². The lowest BCUT2D eigenvalue weighted by molar-refractivity contribution is 0.139. The molecule has 0 aliphatic heterocycles. The van der Waals surface area contributed by atoms with E-state index in [9.17, 15) is 0 Å². The Morgan fingerprint density at radius 2 is 2.12 bits per heavy atom. The van der Waals surface area contributed by atoms with Gasteiger partial charge in [0.05, 0.1) is 5.71 Å². The van der Waals surface area contributed by atoms with E-state index >= 15 is 0 Å². The number of nitrogens with zero attached hydrogens (tertiary/aromatic N) is 1. The van der Waals surface area contributed by atoms with E-state index in [0.717, 1.165) is 37.5 Å². The summed E-state index contributed by atoms with van der Waals surface area (Å²) in [5, 5.41) is 4.12. The molecule has 0 saturated heterocycles. The second-order valence-electron chi connectivity index (χ2n) is 4.85. The topological polar surface area (TPSA) is 21.6 Å². The lowest BCUT2D eigenvalue weighted by Crippen LogP contribution is -1.98. The molecule has 0 aliphatic carbocycles. The summed E-state index contributed by atoms with van der Waals surface area (Å²) in [4.78, 5) is 5.28. The first-order valence-corrected chi connectivity index (χ1v) is 6.66. The van der Waals surface area contributed by atoms with Crippen LogP contribution in [-0.4, -0.2) is 12.3 Å². The number of oxime groups is 1. The van der Waals surface area contributed by atoms with Gasteiger partial charge in [0.15, 0.2) is 0 Å². The van der Waals surface area contributed by atoms with Crippen molar-refractivity contribution < 1.29 is 4.84 Å². The highest BCUT2D eigenvalue weighted by atomic mass is 16.6. The van der Waals surface area contributed by atoms with Crippen molar-refractivity contribution in [2.45, 2.75) is 59.3 Å². The van der Waals surface area contributed by atoms with Crippen LogP contribution in [0.15, 0.2) is 23.5 Å². The van der Waals surface area contributed by atoms with Gasteiger partial charge >= 0.3 is 0 Å². The van der Waals surface area contributed by atoms with Crippen LogP contribution in [0.2, 0.25) is 0 Å². The maximum atomic E-state index is 5.28. The summed E-state index contributed by atoms with van der Waals surface area (Å²) in [5.41, 5.74) is 3.88. The molecule has 0 aliphatic rings. The van der Waals surface area contributed by atoms with Crippen molar-refractivity contribution in [1.29, 1.82) is 0 Å². The summed E-state index contributed by atoms with van der Waals surface area (Å²) >= 11 is 0. The fourth-order valence-corrected chi connectivity index (χ4v) is 1.39. The van der Waals surface area contributed by atoms with Gasteiger partial charge in [0.25, 0.3) is 0 Å². The van der Waals surface area contributed by atoms with E-state index < -0.39 is 0 Å². The van der Waals surface area contributed by atoms with E-state index in [2.05, 4.69) is 31.3 Å². The zero-order chi connectivity index (χ0) is 12.9. The lowest BCUT2D eigenvalue weighted by Gasteiger charge is -2.04. The maximum absolute atomic E-state index is 5.28. The van der Waals surface area contributed by atoms with Gasteiger partial charge in [-0.05, 0) is 57.4 Å². The van der Waals surface area contributed by atoms with Gasteiger partial charge in [-0.3, -0.25) is 0 Å². The smallest absolute Gasteiger partial charge is 0.117 e. The van der Waals surface area contributed by atoms with Crippen molar-refractivity contribution in [1.82, 2.24) is 0 Å². The molecule has 0 heterocycles. The molecule has 17 heavy (non-hydrogen) atoms. The second kappa shape index (κ2) is 11.5. The van der Waals surface area contributed by atoms with Crippen LogP contribution in [0.1, 0.15) is 59.3 Å². The highest BCUT2D eigenvalue weighted by Crippen LogP contribution is 2.05. The highest BCUT2D eigenvalue weighted by Gasteiger charge is 1.97. The largest absolute Gasteiger partial charge is 0.396 e. The Kier molecular flexibility index (Phi) is 10.8. The standard InChI is InChI=1S/C15H27NO/c1-5-6-7-8-9-10-13-17-16-15(4)12-11-14(2)3/h6,14H,1,7-13H2,2-4H3/b16-15+. The van der Waals surface area contributed by atoms with Crippen LogP contribution in [-0.2, 0) is 4.84 Å². The molecule has 0 bridgehead atoms. The normalized spacial score (nSPS) is 11.4. The zero-order valence-electron chi connectivity index (χ0n) is 11.7. The second-order valence-corrected chi connectivity index (χ2v) is 4.85. The summed E-state index contributed by atoms with van der Waals surface area (Å²) in [7, 11) is 0. The van der Waals surface area contributed by atoms with Crippen LogP contribution < -0.4 is 0 Å². The van der Waals surface area contributed by atoms with Gasteiger partial charge in [0.1, 0.15) is 6.61 Å². The monoisotopic (exact) mass is 237 g/mol. The predicted molar refractivity (Wildman–Crippen MR) is 75.3 cm³/mol. The molecule has 98 valence electrons. The summed E-state index contributed by atoms with van der Waals surface area (Å²) in [5.74, 6) is 0.734. The summed E-state index contributed by atoms with van der Waals surface area (Å²) in [6, 6.07) is 0. The van der Waals surface area contributed by atoms with Crippen LogP contribution in [0.5, 0.6) is 0 Å².